The van der Waals surface area contributed by atoms with Crippen LogP contribution >= 0.6 is 0 Å². The predicted octanol–water partition coefficient (Wildman–Crippen LogP) is 2.02. The first kappa shape index (κ1) is 8.68. The summed E-state index contributed by atoms with van der Waals surface area (Å²) in [5.41, 5.74) is 3.54. The smallest absolute Gasteiger partial charge is 0.0851 e. The lowest BCUT2D eigenvalue weighted by molar-refractivity contribution is 0.408. The fraction of sp³-hybridized carbons (Fsp3) is 0.250. The zero-order valence-corrected chi connectivity index (χ0v) is 8.31. The number of nitrogens with one attached hydrogen (secondary N) is 1. The summed E-state index contributed by atoms with van der Waals surface area (Å²) in [6, 6.07) is 10.3. The Hall–Kier alpha value is -1.61. The van der Waals surface area contributed by atoms with E-state index in [1.165, 1.54) is 11.1 Å². The van der Waals surface area contributed by atoms with Crippen LogP contribution in [0.4, 0.5) is 0 Å². The molecule has 1 aromatic carbocycles. The predicted molar refractivity (Wildman–Crippen MR) is 57.5 cm³/mol. The molecule has 3 nitrogen and oxygen atoms in total. The molecule has 0 amide bonds. The number of epoxide rings is 1. The van der Waals surface area contributed by atoms with Crippen LogP contribution in [0.2, 0.25) is 0 Å². The van der Waals surface area contributed by atoms with Gasteiger partial charge in [-0.2, -0.15) is 5.10 Å². The molecule has 0 bridgehead atoms. The van der Waals surface area contributed by atoms with E-state index in [9.17, 15) is 0 Å². The van der Waals surface area contributed by atoms with E-state index < -0.39 is 0 Å². The van der Waals surface area contributed by atoms with E-state index in [0.717, 1.165) is 18.7 Å². The molecule has 1 N–H and O–H groups in total. The van der Waals surface area contributed by atoms with Crippen molar-refractivity contribution in [1.29, 1.82) is 0 Å². The second kappa shape index (κ2) is 3.51. The van der Waals surface area contributed by atoms with Crippen molar-refractivity contribution in [1.82, 2.24) is 10.2 Å². The van der Waals surface area contributed by atoms with Crippen LogP contribution in [0.25, 0.3) is 11.3 Å². The summed E-state index contributed by atoms with van der Waals surface area (Å²) in [6.45, 7) is 0.888. The van der Waals surface area contributed by atoms with Gasteiger partial charge in [-0.1, -0.05) is 30.3 Å². The minimum Gasteiger partial charge on any atom is -0.373 e. The number of aromatic nitrogens is 2. The minimum atomic E-state index is 0.407. The van der Waals surface area contributed by atoms with Crippen molar-refractivity contribution in [3.63, 3.8) is 0 Å². The monoisotopic (exact) mass is 200 g/mol. The first-order chi connectivity index (χ1) is 7.43. The molecule has 1 aromatic heterocycles. The largest absolute Gasteiger partial charge is 0.373 e. The molecule has 15 heavy (non-hydrogen) atoms. The zero-order chi connectivity index (χ0) is 10.1. The molecule has 3 rings (SSSR count). The Balaban J connectivity index is 1.93. The average Bonchev–Trinajstić information content (AvgIpc) is 2.96. The summed E-state index contributed by atoms with van der Waals surface area (Å²) in [4.78, 5) is 0. The Bertz CT molecular complexity index is 446. The molecule has 1 atom stereocenters. The highest BCUT2D eigenvalue weighted by atomic mass is 16.6. The molecular formula is C12H12N2O. The lowest BCUT2D eigenvalue weighted by atomic mass is 10.1. The lowest BCUT2D eigenvalue weighted by Gasteiger charge is -2.00. The number of benzene rings is 1. The first-order valence-electron chi connectivity index (χ1n) is 5.13. The molecule has 0 aliphatic carbocycles. The Kier molecular flexibility index (Phi) is 2.03. The number of hydrogen-bond acceptors (Lipinski definition) is 2. The first-order valence-corrected chi connectivity index (χ1v) is 5.13. The number of rotatable bonds is 3. The molecule has 1 fully saturated rings. The maximum absolute atomic E-state index is 5.23. The highest BCUT2D eigenvalue weighted by Gasteiger charge is 2.24. The Morgan fingerprint density at radius 2 is 2.13 bits per heavy atom. The average molecular weight is 200 g/mol. The van der Waals surface area contributed by atoms with Gasteiger partial charge in [0.2, 0.25) is 0 Å². The molecule has 1 aliphatic rings. The molecular weight excluding hydrogens is 188 g/mol. The van der Waals surface area contributed by atoms with Gasteiger partial charge in [0.05, 0.1) is 24.6 Å². The summed E-state index contributed by atoms with van der Waals surface area (Å²) in [5, 5.41) is 7.15. The van der Waals surface area contributed by atoms with Crippen LogP contribution < -0.4 is 0 Å². The summed E-state index contributed by atoms with van der Waals surface area (Å²) < 4.78 is 5.23. The van der Waals surface area contributed by atoms with Crippen LogP contribution in [-0.4, -0.2) is 22.9 Å². The highest BCUT2D eigenvalue weighted by Crippen LogP contribution is 2.24. The van der Waals surface area contributed by atoms with Gasteiger partial charge in [-0.3, -0.25) is 5.10 Å². The van der Waals surface area contributed by atoms with Crippen molar-refractivity contribution >= 4 is 0 Å². The van der Waals surface area contributed by atoms with Gasteiger partial charge in [-0.15, -0.1) is 0 Å². The lowest BCUT2D eigenvalue weighted by Crippen LogP contribution is -1.93. The van der Waals surface area contributed by atoms with Gasteiger partial charge < -0.3 is 4.74 Å². The van der Waals surface area contributed by atoms with Gasteiger partial charge in [-0.05, 0) is 5.56 Å². The molecule has 2 heterocycles. The van der Waals surface area contributed by atoms with Gasteiger partial charge in [0, 0.05) is 12.0 Å². The maximum Gasteiger partial charge on any atom is 0.0851 e. The molecule has 2 aromatic rings. The summed E-state index contributed by atoms with van der Waals surface area (Å²) in [6.07, 6.45) is 3.26. The van der Waals surface area contributed by atoms with Gasteiger partial charge in [0.25, 0.3) is 0 Å². The van der Waals surface area contributed by atoms with Crippen molar-refractivity contribution in [2.75, 3.05) is 6.61 Å². The third-order valence-electron chi connectivity index (χ3n) is 2.63. The molecule has 3 heteroatoms. The number of nitrogens with zero attached hydrogens (tertiary/aromatic N) is 1. The molecule has 0 spiro atoms. The van der Waals surface area contributed by atoms with Crippen LogP contribution in [0.5, 0.6) is 0 Å². The van der Waals surface area contributed by atoms with Gasteiger partial charge in [0.15, 0.2) is 0 Å². The normalized spacial score (nSPS) is 19.1. The summed E-state index contributed by atoms with van der Waals surface area (Å²) in [7, 11) is 0. The van der Waals surface area contributed by atoms with Gasteiger partial charge in [-0.25, -0.2) is 0 Å². The van der Waals surface area contributed by atoms with E-state index in [2.05, 4.69) is 22.3 Å². The summed E-state index contributed by atoms with van der Waals surface area (Å²) in [5.74, 6) is 0. The molecule has 0 saturated carbocycles. The van der Waals surface area contributed by atoms with E-state index >= 15 is 0 Å². The van der Waals surface area contributed by atoms with E-state index in [-0.39, 0.29) is 0 Å². The second-order valence-electron chi connectivity index (χ2n) is 3.80. The van der Waals surface area contributed by atoms with Gasteiger partial charge in [0.1, 0.15) is 0 Å². The number of hydrogen-bond donors (Lipinski definition) is 1. The molecule has 76 valence electrons. The SMILES string of the molecule is c1ccc(-c2[nH]ncc2CC2CO2)cc1. The maximum atomic E-state index is 5.23. The number of H-pyrrole nitrogens is 1. The standard InChI is InChI=1S/C12H12N2O/c1-2-4-9(5-3-1)12-10(7-13-14-12)6-11-8-15-11/h1-5,7,11H,6,8H2,(H,13,14). The molecule has 1 aliphatic heterocycles. The fourth-order valence-corrected chi connectivity index (χ4v) is 1.75. The van der Waals surface area contributed by atoms with E-state index in [0.29, 0.717) is 6.10 Å². The third kappa shape index (κ3) is 1.78. The Labute approximate surface area is 88.1 Å². The Morgan fingerprint density at radius 1 is 1.33 bits per heavy atom. The van der Waals surface area contributed by atoms with Crippen LogP contribution in [0.15, 0.2) is 36.5 Å². The summed E-state index contributed by atoms with van der Waals surface area (Å²) >= 11 is 0. The van der Waals surface area contributed by atoms with Crippen LogP contribution in [0, 0.1) is 0 Å². The second-order valence-corrected chi connectivity index (χ2v) is 3.80. The van der Waals surface area contributed by atoms with Crippen molar-refractivity contribution < 1.29 is 4.74 Å². The highest BCUT2D eigenvalue weighted by molar-refractivity contribution is 5.62. The molecule has 1 unspecified atom stereocenters. The van der Waals surface area contributed by atoms with Crippen molar-refractivity contribution in [3.05, 3.63) is 42.1 Å². The van der Waals surface area contributed by atoms with E-state index in [4.69, 9.17) is 4.74 Å². The third-order valence-corrected chi connectivity index (χ3v) is 2.63. The Morgan fingerprint density at radius 3 is 2.87 bits per heavy atom. The topological polar surface area (TPSA) is 41.2 Å². The minimum absolute atomic E-state index is 0.407. The van der Waals surface area contributed by atoms with Crippen LogP contribution in [0.3, 0.4) is 0 Å². The van der Waals surface area contributed by atoms with E-state index in [1.54, 1.807) is 0 Å². The van der Waals surface area contributed by atoms with Crippen molar-refractivity contribution in [2.45, 2.75) is 12.5 Å². The fourth-order valence-electron chi connectivity index (χ4n) is 1.75. The molecule has 1 saturated heterocycles. The number of ether oxygens (including phenoxy) is 1. The van der Waals surface area contributed by atoms with Crippen molar-refractivity contribution in [2.24, 2.45) is 0 Å². The van der Waals surface area contributed by atoms with Crippen molar-refractivity contribution in [3.8, 4) is 11.3 Å². The van der Waals surface area contributed by atoms with E-state index in [1.807, 2.05) is 24.4 Å². The van der Waals surface area contributed by atoms with Crippen LogP contribution in [-0.2, 0) is 11.2 Å². The van der Waals surface area contributed by atoms with Crippen LogP contribution in [0.1, 0.15) is 5.56 Å². The number of aromatic amines is 1. The van der Waals surface area contributed by atoms with Gasteiger partial charge >= 0.3 is 0 Å². The molecule has 0 radical (unpaired) electrons. The quantitative estimate of drug-likeness (QED) is 0.770. The zero-order valence-electron chi connectivity index (χ0n) is 8.31.